The van der Waals surface area contributed by atoms with Crippen molar-refractivity contribution in [1.29, 1.82) is 0 Å². The first-order valence-corrected chi connectivity index (χ1v) is 20.4. The van der Waals surface area contributed by atoms with Gasteiger partial charge in [0.15, 0.2) is 0 Å². The molecule has 0 atom stereocenters. The second-order valence-corrected chi connectivity index (χ2v) is 12.4. The Morgan fingerprint density at radius 2 is 0.673 bits per heavy atom. The van der Waals surface area contributed by atoms with Crippen LogP contribution in [0.4, 0.5) is 0 Å². The van der Waals surface area contributed by atoms with Gasteiger partial charge in [0.05, 0.1) is 145 Å². The van der Waals surface area contributed by atoms with Gasteiger partial charge < -0.3 is 61.6 Å². The van der Waals surface area contributed by atoms with E-state index in [1.807, 2.05) is 0 Å². The maximum atomic E-state index is 10.6. The Morgan fingerprint density at radius 3 is 1.00 bits per heavy atom. The van der Waals surface area contributed by atoms with Crippen LogP contribution in [0.1, 0.15) is 64.4 Å². The van der Waals surface area contributed by atoms with Gasteiger partial charge in [-0.15, -0.1) is 0 Å². The fraction of sp³-hybridized carbons (Fsp3) is 0.829. The molecule has 1 rings (SSSR count). The first kappa shape index (κ1) is 51.1. The van der Waals surface area contributed by atoms with Gasteiger partial charge >= 0.3 is 5.97 Å². The number of rotatable bonds is 45. The summed E-state index contributed by atoms with van der Waals surface area (Å²) in [4.78, 5) is 10.6. The smallest absolute Gasteiger partial charge is 0.302 e. The molecule has 0 aliphatic heterocycles. The summed E-state index contributed by atoms with van der Waals surface area (Å²) in [5.41, 5.74) is 1.38. The van der Waals surface area contributed by atoms with E-state index in [2.05, 4.69) is 31.2 Å². The summed E-state index contributed by atoms with van der Waals surface area (Å²) in [7, 11) is 0. The number of aryl methyl sites for hydroxylation is 1. The molecule has 322 valence electrons. The molecule has 0 saturated heterocycles. The molecule has 0 saturated carbocycles. The van der Waals surface area contributed by atoms with Gasteiger partial charge in [-0.05, 0) is 30.5 Å². The van der Waals surface area contributed by atoms with E-state index < -0.39 is 0 Å². The first-order chi connectivity index (χ1) is 27.2. The largest absolute Gasteiger partial charge is 0.491 e. The monoisotopic (exact) mass is 791 g/mol. The highest BCUT2D eigenvalue weighted by Crippen LogP contribution is 2.15. The molecule has 0 radical (unpaired) electrons. The van der Waals surface area contributed by atoms with Crippen LogP contribution in [0.2, 0.25) is 0 Å². The van der Waals surface area contributed by atoms with E-state index in [4.69, 9.17) is 61.6 Å². The van der Waals surface area contributed by atoms with Crippen LogP contribution in [0.3, 0.4) is 0 Å². The van der Waals surface area contributed by atoms with Crippen LogP contribution >= 0.6 is 0 Å². The summed E-state index contributed by atoms with van der Waals surface area (Å²) in [5, 5.41) is 0. The summed E-state index contributed by atoms with van der Waals surface area (Å²) in [6.45, 7) is 15.2. The second-order valence-electron chi connectivity index (χ2n) is 12.4. The van der Waals surface area contributed by atoms with Crippen molar-refractivity contribution >= 4 is 5.97 Å². The molecular formula is C41H74O14. The summed E-state index contributed by atoms with van der Waals surface area (Å²) >= 11 is 0. The van der Waals surface area contributed by atoms with Crippen molar-refractivity contribution in [3.05, 3.63) is 29.8 Å². The van der Waals surface area contributed by atoms with Gasteiger partial charge in [0, 0.05) is 6.92 Å². The van der Waals surface area contributed by atoms with Crippen LogP contribution in [-0.2, 0) is 68.1 Å². The van der Waals surface area contributed by atoms with Crippen molar-refractivity contribution < 1.29 is 66.4 Å². The molecule has 0 aliphatic carbocycles. The fourth-order valence-electron chi connectivity index (χ4n) is 4.80. The van der Waals surface area contributed by atoms with Gasteiger partial charge in [-0.2, -0.15) is 0 Å². The van der Waals surface area contributed by atoms with Gasteiger partial charge in [-0.1, -0.05) is 57.6 Å². The lowest BCUT2D eigenvalue weighted by Gasteiger charge is -2.09. The lowest BCUT2D eigenvalue weighted by Crippen LogP contribution is -2.15. The number of carbonyl (C=O) groups is 1. The van der Waals surface area contributed by atoms with E-state index in [1.165, 1.54) is 57.4 Å². The average molecular weight is 791 g/mol. The minimum absolute atomic E-state index is 0.257. The predicted molar refractivity (Wildman–Crippen MR) is 209 cm³/mol. The SMILES string of the molecule is CCCCCCCCCc1ccc(OCCOCCOCCOCCOCCOCCOCCOCCOCCOCCOCCOCCOC(C)=O)cc1. The lowest BCUT2D eigenvalue weighted by atomic mass is 10.0. The predicted octanol–water partition coefficient (Wildman–Crippen LogP) is 5.10. The van der Waals surface area contributed by atoms with Crippen LogP contribution in [0.25, 0.3) is 0 Å². The summed E-state index contributed by atoms with van der Waals surface area (Å²) in [6, 6.07) is 8.44. The molecule has 0 aliphatic rings. The van der Waals surface area contributed by atoms with Crippen molar-refractivity contribution in [2.45, 2.75) is 65.2 Å². The highest BCUT2D eigenvalue weighted by Gasteiger charge is 2.00. The van der Waals surface area contributed by atoms with Gasteiger partial charge in [-0.3, -0.25) is 4.79 Å². The third-order valence-corrected chi connectivity index (χ3v) is 7.74. The van der Waals surface area contributed by atoms with Gasteiger partial charge in [0.2, 0.25) is 0 Å². The van der Waals surface area contributed by atoms with Gasteiger partial charge in [-0.25, -0.2) is 0 Å². The van der Waals surface area contributed by atoms with E-state index in [-0.39, 0.29) is 12.6 Å². The third-order valence-electron chi connectivity index (χ3n) is 7.74. The van der Waals surface area contributed by atoms with E-state index in [1.54, 1.807) is 0 Å². The molecule has 55 heavy (non-hydrogen) atoms. The molecule has 0 fully saturated rings. The van der Waals surface area contributed by atoms with E-state index >= 15 is 0 Å². The molecule has 0 aromatic heterocycles. The zero-order valence-electron chi connectivity index (χ0n) is 34.2. The van der Waals surface area contributed by atoms with E-state index in [9.17, 15) is 4.79 Å². The Kier molecular flexibility index (Phi) is 40.1. The highest BCUT2D eigenvalue weighted by molar-refractivity contribution is 5.65. The van der Waals surface area contributed by atoms with E-state index in [0.717, 1.165) is 12.2 Å². The third kappa shape index (κ3) is 40.1. The minimum atomic E-state index is -0.311. The highest BCUT2D eigenvalue weighted by atomic mass is 16.6. The average Bonchev–Trinajstić information content (AvgIpc) is 3.19. The van der Waals surface area contributed by atoms with Gasteiger partial charge in [0.25, 0.3) is 0 Å². The number of esters is 1. The normalized spacial score (nSPS) is 11.4. The number of hydrogen-bond acceptors (Lipinski definition) is 14. The van der Waals surface area contributed by atoms with Crippen molar-refractivity contribution in [3.8, 4) is 5.75 Å². The quantitative estimate of drug-likeness (QED) is 0.0640. The Labute approximate surface area is 331 Å². The van der Waals surface area contributed by atoms with Crippen molar-refractivity contribution in [3.63, 3.8) is 0 Å². The number of carbonyl (C=O) groups excluding carboxylic acids is 1. The topological polar surface area (TPSA) is 137 Å². The standard InChI is InChI=1S/C41H74O14/c1-3-4-5-6-7-8-9-10-40-11-13-41(14-12-40)55-38-36-53-34-32-51-30-28-49-26-24-47-22-20-45-18-16-43-15-17-44-19-21-46-23-25-48-27-29-50-31-33-52-35-37-54-39(2)42/h11-14H,3-10,15-38H2,1-2H3. The van der Waals surface area contributed by atoms with Crippen LogP contribution < -0.4 is 4.74 Å². The molecule has 1 aromatic rings. The van der Waals surface area contributed by atoms with Crippen molar-refractivity contribution in [2.24, 2.45) is 0 Å². The number of ether oxygens (including phenoxy) is 13. The van der Waals surface area contributed by atoms with Crippen LogP contribution in [-0.4, -0.2) is 165 Å². The maximum absolute atomic E-state index is 10.6. The van der Waals surface area contributed by atoms with Crippen molar-refractivity contribution in [2.75, 3.05) is 159 Å². The molecular weight excluding hydrogens is 716 g/mol. The van der Waals surface area contributed by atoms with Crippen LogP contribution in [0.5, 0.6) is 5.75 Å². The second kappa shape index (κ2) is 43.2. The molecule has 0 unspecified atom stereocenters. The first-order valence-electron chi connectivity index (χ1n) is 20.4. The maximum Gasteiger partial charge on any atom is 0.302 e. The lowest BCUT2D eigenvalue weighted by molar-refractivity contribution is -0.142. The molecule has 0 amide bonds. The molecule has 0 N–H and O–H groups in total. The number of benzene rings is 1. The van der Waals surface area contributed by atoms with E-state index in [0.29, 0.717) is 152 Å². The van der Waals surface area contributed by atoms with Gasteiger partial charge in [0.1, 0.15) is 19.0 Å². The van der Waals surface area contributed by atoms with Crippen molar-refractivity contribution in [1.82, 2.24) is 0 Å². The Hall–Kier alpha value is -1.95. The Bertz CT molecular complexity index is 908. The summed E-state index contributed by atoms with van der Waals surface area (Å²) < 4.78 is 70.8. The zero-order chi connectivity index (χ0) is 39.4. The Morgan fingerprint density at radius 1 is 0.382 bits per heavy atom. The Balaban J connectivity index is 1.67. The zero-order valence-corrected chi connectivity index (χ0v) is 34.2. The fourth-order valence-corrected chi connectivity index (χ4v) is 4.80. The molecule has 0 heterocycles. The number of hydrogen-bond donors (Lipinski definition) is 0. The molecule has 0 spiro atoms. The summed E-state index contributed by atoms with van der Waals surface area (Å²) in [5.74, 6) is 0.572. The molecule has 1 aromatic carbocycles. The molecule has 14 heteroatoms. The molecule has 14 nitrogen and oxygen atoms in total. The summed E-state index contributed by atoms with van der Waals surface area (Å²) in [6.07, 6.45) is 10.5. The van der Waals surface area contributed by atoms with Crippen LogP contribution in [0.15, 0.2) is 24.3 Å². The van der Waals surface area contributed by atoms with Crippen LogP contribution in [0, 0.1) is 0 Å². The number of unbranched alkanes of at least 4 members (excludes halogenated alkanes) is 6. The molecule has 0 bridgehead atoms. The minimum Gasteiger partial charge on any atom is -0.491 e.